The molecule has 1 saturated heterocycles. The molecule has 2 rings (SSSR count). The lowest BCUT2D eigenvalue weighted by Crippen LogP contribution is -2.42. The molecule has 5 nitrogen and oxygen atoms in total. The highest BCUT2D eigenvalue weighted by molar-refractivity contribution is 5.94. The average molecular weight is 278 g/mol. The highest BCUT2D eigenvalue weighted by Crippen LogP contribution is 2.22. The van der Waals surface area contributed by atoms with Crippen LogP contribution in [0.25, 0.3) is 0 Å². The highest BCUT2D eigenvalue weighted by atomic mass is 16.2. The predicted octanol–water partition coefficient (Wildman–Crippen LogP) is 1.65. The Morgan fingerprint density at radius 2 is 2.25 bits per heavy atom. The fourth-order valence-electron chi connectivity index (χ4n) is 3.00. The number of aryl methyl sites for hydroxylation is 1. The van der Waals surface area contributed by atoms with E-state index in [1.54, 1.807) is 0 Å². The second kappa shape index (κ2) is 6.31. The van der Waals surface area contributed by atoms with Gasteiger partial charge in [-0.2, -0.15) is 0 Å². The van der Waals surface area contributed by atoms with Crippen molar-refractivity contribution in [1.29, 1.82) is 0 Å². The molecule has 1 fully saturated rings. The standard InChI is InChI=1S/C15H26N4O/c1-4-7-18-10-12(16)9-14(18)15(20)19-8-5-6-13(19)11-17(2)3/h9-10,13H,4-8,11,16H2,1-3H3. The quantitative estimate of drug-likeness (QED) is 0.891. The lowest BCUT2D eigenvalue weighted by Gasteiger charge is -2.27. The number of nitrogens with zero attached hydrogens (tertiary/aromatic N) is 3. The monoisotopic (exact) mass is 278 g/mol. The maximum absolute atomic E-state index is 12.8. The molecule has 1 aliphatic rings. The predicted molar refractivity (Wildman–Crippen MR) is 81.7 cm³/mol. The Balaban J connectivity index is 2.17. The number of likely N-dealkylation sites (tertiary alicyclic amines) is 1. The number of carbonyl (C=O) groups is 1. The Morgan fingerprint density at radius 3 is 2.90 bits per heavy atom. The third-order valence-electron chi connectivity index (χ3n) is 3.82. The van der Waals surface area contributed by atoms with Crippen LogP contribution in [0.1, 0.15) is 36.7 Å². The van der Waals surface area contributed by atoms with Crippen LogP contribution in [-0.2, 0) is 6.54 Å². The number of amides is 1. The van der Waals surface area contributed by atoms with E-state index in [4.69, 9.17) is 5.73 Å². The summed E-state index contributed by atoms with van der Waals surface area (Å²) in [6.45, 7) is 4.73. The summed E-state index contributed by atoms with van der Waals surface area (Å²) in [6.07, 6.45) is 5.05. The van der Waals surface area contributed by atoms with Crippen molar-refractivity contribution in [2.24, 2.45) is 0 Å². The van der Waals surface area contributed by atoms with E-state index in [1.807, 2.05) is 21.7 Å². The highest BCUT2D eigenvalue weighted by Gasteiger charge is 2.31. The van der Waals surface area contributed by atoms with E-state index in [1.165, 1.54) is 0 Å². The van der Waals surface area contributed by atoms with Gasteiger partial charge < -0.3 is 20.1 Å². The summed E-state index contributed by atoms with van der Waals surface area (Å²) in [5, 5.41) is 0. The van der Waals surface area contributed by atoms with Crippen LogP contribution in [0.2, 0.25) is 0 Å². The van der Waals surface area contributed by atoms with E-state index in [0.717, 1.165) is 44.6 Å². The zero-order valence-corrected chi connectivity index (χ0v) is 12.8. The summed E-state index contributed by atoms with van der Waals surface area (Å²) in [4.78, 5) is 16.9. The van der Waals surface area contributed by atoms with Crippen LogP contribution in [0.4, 0.5) is 5.69 Å². The first-order valence-electron chi connectivity index (χ1n) is 7.44. The van der Waals surface area contributed by atoms with Gasteiger partial charge in [-0.05, 0) is 39.4 Å². The summed E-state index contributed by atoms with van der Waals surface area (Å²) in [7, 11) is 4.11. The summed E-state index contributed by atoms with van der Waals surface area (Å²) in [6, 6.07) is 2.13. The van der Waals surface area contributed by atoms with Gasteiger partial charge in [-0.25, -0.2) is 0 Å². The minimum Gasteiger partial charge on any atom is -0.397 e. The first kappa shape index (κ1) is 14.9. The second-order valence-electron chi connectivity index (χ2n) is 5.91. The fourth-order valence-corrected chi connectivity index (χ4v) is 3.00. The zero-order chi connectivity index (χ0) is 14.7. The van der Waals surface area contributed by atoms with Crippen LogP contribution >= 0.6 is 0 Å². The molecule has 1 amide bonds. The van der Waals surface area contributed by atoms with Gasteiger partial charge in [0.15, 0.2) is 0 Å². The Hall–Kier alpha value is -1.49. The number of likely N-dealkylation sites (N-methyl/N-ethyl adjacent to an activating group) is 1. The van der Waals surface area contributed by atoms with Gasteiger partial charge in [0.25, 0.3) is 5.91 Å². The van der Waals surface area contributed by atoms with E-state index < -0.39 is 0 Å². The van der Waals surface area contributed by atoms with Crippen LogP contribution in [0.3, 0.4) is 0 Å². The Bertz CT molecular complexity index is 466. The van der Waals surface area contributed by atoms with Crippen LogP contribution in [-0.4, -0.2) is 53.5 Å². The van der Waals surface area contributed by atoms with E-state index >= 15 is 0 Å². The van der Waals surface area contributed by atoms with E-state index in [0.29, 0.717) is 11.7 Å². The van der Waals surface area contributed by atoms with Crippen molar-refractivity contribution in [3.8, 4) is 0 Å². The summed E-state index contributed by atoms with van der Waals surface area (Å²) in [5.41, 5.74) is 7.26. The lowest BCUT2D eigenvalue weighted by molar-refractivity contribution is 0.0705. The molecule has 0 radical (unpaired) electrons. The smallest absolute Gasteiger partial charge is 0.270 e. The van der Waals surface area contributed by atoms with Gasteiger partial charge in [-0.15, -0.1) is 0 Å². The molecule has 0 bridgehead atoms. The van der Waals surface area contributed by atoms with E-state index in [9.17, 15) is 4.79 Å². The molecule has 20 heavy (non-hydrogen) atoms. The molecule has 0 aromatic carbocycles. The number of hydrogen-bond donors (Lipinski definition) is 1. The van der Waals surface area contributed by atoms with Crippen molar-refractivity contribution in [2.75, 3.05) is 32.9 Å². The summed E-state index contributed by atoms with van der Waals surface area (Å²) in [5.74, 6) is 0.125. The van der Waals surface area contributed by atoms with Gasteiger partial charge in [0, 0.05) is 31.9 Å². The van der Waals surface area contributed by atoms with Crippen LogP contribution in [0.15, 0.2) is 12.3 Å². The topological polar surface area (TPSA) is 54.5 Å². The number of anilines is 1. The molecular weight excluding hydrogens is 252 g/mol. The van der Waals surface area contributed by atoms with E-state index in [2.05, 4.69) is 25.9 Å². The molecule has 1 aliphatic heterocycles. The molecule has 1 atom stereocenters. The number of carbonyl (C=O) groups excluding carboxylic acids is 1. The number of aromatic nitrogens is 1. The maximum atomic E-state index is 12.8. The molecular formula is C15H26N4O. The van der Waals surface area contributed by atoms with Crippen molar-refractivity contribution in [2.45, 2.75) is 38.8 Å². The number of nitrogen functional groups attached to an aromatic ring is 1. The molecule has 112 valence electrons. The minimum atomic E-state index is 0.125. The number of rotatable bonds is 5. The van der Waals surface area contributed by atoms with Crippen molar-refractivity contribution in [1.82, 2.24) is 14.4 Å². The zero-order valence-electron chi connectivity index (χ0n) is 12.8. The normalized spacial score (nSPS) is 19.0. The molecule has 1 aromatic heterocycles. The van der Waals surface area contributed by atoms with Crippen molar-refractivity contribution in [3.63, 3.8) is 0 Å². The molecule has 2 N–H and O–H groups in total. The number of hydrogen-bond acceptors (Lipinski definition) is 3. The largest absolute Gasteiger partial charge is 0.397 e. The Morgan fingerprint density at radius 1 is 1.50 bits per heavy atom. The van der Waals surface area contributed by atoms with Gasteiger partial charge in [-0.1, -0.05) is 6.92 Å². The molecule has 0 saturated carbocycles. The first-order valence-corrected chi connectivity index (χ1v) is 7.44. The molecule has 0 aliphatic carbocycles. The third-order valence-corrected chi connectivity index (χ3v) is 3.82. The molecule has 1 unspecified atom stereocenters. The molecule has 0 spiro atoms. The Labute approximate surface area is 121 Å². The Kier molecular flexibility index (Phi) is 4.70. The minimum absolute atomic E-state index is 0.125. The maximum Gasteiger partial charge on any atom is 0.270 e. The summed E-state index contributed by atoms with van der Waals surface area (Å²) < 4.78 is 1.99. The first-order chi connectivity index (χ1) is 9.52. The van der Waals surface area contributed by atoms with Crippen LogP contribution < -0.4 is 5.73 Å². The summed E-state index contributed by atoms with van der Waals surface area (Å²) >= 11 is 0. The van der Waals surface area contributed by atoms with Crippen LogP contribution in [0, 0.1) is 0 Å². The van der Waals surface area contributed by atoms with Crippen molar-refractivity contribution in [3.05, 3.63) is 18.0 Å². The van der Waals surface area contributed by atoms with E-state index in [-0.39, 0.29) is 5.91 Å². The lowest BCUT2D eigenvalue weighted by atomic mass is 10.2. The van der Waals surface area contributed by atoms with Crippen LogP contribution in [0.5, 0.6) is 0 Å². The van der Waals surface area contributed by atoms with Gasteiger partial charge >= 0.3 is 0 Å². The van der Waals surface area contributed by atoms with Gasteiger partial charge in [-0.3, -0.25) is 4.79 Å². The SMILES string of the molecule is CCCn1cc(N)cc1C(=O)N1CCCC1CN(C)C. The molecule has 5 heteroatoms. The van der Waals surface area contributed by atoms with Crippen molar-refractivity contribution >= 4 is 11.6 Å². The van der Waals surface area contributed by atoms with Gasteiger partial charge in [0.2, 0.25) is 0 Å². The average Bonchev–Trinajstić information content (AvgIpc) is 2.95. The van der Waals surface area contributed by atoms with Gasteiger partial charge in [0.05, 0.1) is 5.69 Å². The molecule has 1 aromatic rings. The van der Waals surface area contributed by atoms with Crippen molar-refractivity contribution < 1.29 is 4.79 Å². The van der Waals surface area contributed by atoms with Gasteiger partial charge in [0.1, 0.15) is 5.69 Å². The molecule has 2 heterocycles. The number of nitrogens with two attached hydrogens (primary N) is 1. The fraction of sp³-hybridized carbons (Fsp3) is 0.667. The second-order valence-corrected chi connectivity index (χ2v) is 5.91. The third kappa shape index (κ3) is 3.15.